The molecule has 1 atom stereocenters. The van der Waals surface area contributed by atoms with E-state index in [1.54, 1.807) is 12.1 Å². The van der Waals surface area contributed by atoms with Gasteiger partial charge in [0.1, 0.15) is 18.5 Å². The van der Waals surface area contributed by atoms with Crippen LogP contribution in [0.5, 0.6) is 0 Å². The van der Waals surface area contributed by atoms with Gasteiger partial charge >= 0.3 is 6.03 Å². The fourth-order valence-electron chi connectivity index (χ4n) is 3.67. The summed E-state index contributed by atoms with van der Waals surface area (Å²) in [4.78, 5) is 51.5. The Morgan fingerprint density at radius 1 is 1.22 bits per heavy atom. The summed E-state index contributed by atoms with van der Waals surface area (Å²) in [6.07, 6.45) is 2.74. The number of rotatable bonds is 8. The first-order valence-corrected chi connectivity index (χ1v) is 12.6. The predicted octanol–water partition coefficient (Wildman–Crippen LogP) is 2.49. The number of nitrogens with one attached hydrogen (secondary N) is 4. The molecule has 4 N–H and O–H groups in total. The third-order valence-electron chi connectivity index (χ3n) is 5.82. The van der Waals surface area contributed by atoms with Crippen molar-refractivity contribution in [3.05, 3.63) is 45.4 Å². The van der Waals surface area contributed by atoms with E-state index in [2.05, 4.69) is 21.3 Å². The van der Waals surface area contributed by atoms with E-state index in [1.165, 1.54) is 17.0 Å². The van der Waals surface area contributed by atoms with Gasteiger partial charge in [0.25, 0.3) is 11.8 Å². The van der Waals surface area contributed by atoms with Crippen molar-refractivity contribution >= 4 is 58.1 Å². The number of amides is 5. The highest BCUT2D eigenvalue weighted by molar-refractivity contribution is 7.18. The zero-order valence-corrected chi connectivity index (χ0v) is 20.7. The number of ether oxygens (including phenoxy) is 1. The first-order chi connectivity index (χ1) is 17.3. The van der Waals surface area contributed by atoms with Crippen molar-refractivity contribution in [2.75, 3.05) is 36.5 Å². The number of hydrogen-bond donors (Lipinski definition) is 4. The van der Waals surface area contributed by atoms with Crippen LogP contribution < -0.4 is 26.2 Å². The third-order valence-corrected chi connectivity index (χ3v) is 7.05. The number of carbonyl (C=O) groups excluding carboxylic acids is 4. The lowest BCUT2D eigenvalue weighted by Gasteiger charge is -2.28. The van der Waals surface area contributed by atoms with E-state index in [9.17, 15) is 23.6 Å². The van der Waals surface area contributed by atoms with Crippen LogP contribution in [0.2, 0.25) is 4.34 Å². The van der Waals surface area contributed by atoms with Crippen molar-refractivity contribution in [3.8, 4) is 0 Å². The topological polar surface area (TPSA) is 129 Å². The standard InChI is InChI=1S/C23H25ClFN5O5S/c24-19-7-6-18(36-19)22(33)26-11-16(29-23(34)28-13-2-1-3-13)21(32)27-14-4-5-17(15(25)10-14)30-8-9-35-12-20(30)31/h4-7,10,13,16H,1-3,8-9,11-12H2,(H,26,33)(H,27,32)(H2,28,29,34)/t16-/m1/s1. The number of benzene rings is 1. The van der Waals surface area contributed by atoms with Gasteiger partial charge in [0.2, 0.25) is 5.91 Å². The number of nitrogens with zero attached hydrogens (tertiary/aromatic N) is 1. The average Bonchev–Trinajstić information content (AvgIpc) is 3.26. The number of anilines is 2. The smallest absolute Gasteiger partial charge is 0.315 e. The lowest BCUT2D eigenvalue weighted by molar-refractivity contribution is -0.125. The molecule has 5 amide bonds. The van der Waals surface area contributed by atoms with E-state index in [4.69, 9.17) is 16.3 Å². The molecule has 1 aromatic carbocycles. The van der Waals surface area contributed by atoms with E-state index in [0.717, 1.165) is 36.7 Å². The molecule has 10 nitrogen and oxygen atoms in total. The Balaban J connectivity index is 1.42. The maximum atomic E-state index is 14.8. The second-order valence-electron chi connectivity index (χ2n) is 8.37. The number of urea groups is 1. The minimum absolute atomic E-state index is 0.0427. The summed E-state index contributed by atoms with van der Waals surface area (Å²) in [5.41, 5.74) is 0.210. The molecule has 1 aliphatic carbocycles. The van der Waals surface area contributed by atoms with Crippen molar-refractivity contribution in [1.82, 2.24) is 16.0 Å². The quantitative estimate of drug-likeness (QED) is 0.411. The first kappa shape index (κ1) is 25.9. The summed E-state index contributed by atoms with van der Waals surface area (Å²) in [5.74, 6) is -2.16. The number of morpholine rings is 1. The van der Waals surface area contributed by atoms with Crippen LogP contribution in [0.25, 0.3) is 0 Å². The van der Waals surface area contributed by atoms with Crippen molar-refractivity contribution < 1.29 is 28.3 Å². The molecular formula is C23H25ClFN5O5S. The van der Waals surface area contributed by atoms with Crippen molar-refractivity contribution in [1.29, 1.82) is 0 Å². The lowest BCUT2D eigenvalue weighted by Crippen LogP contribution is -2.55. The molecule has 1 aliphatic heterocycles. The van der Waals surface area contributed by atoms with E-state index in [-0.39, 0.29) is 43.0 Å². The molecule has 2 aliphatic rings. The SMILES string of the molecule is O=C(NC1CCC1)N[C@H](CNC(=O)c1ccc(Cl)s1)C(=O)Nc1ccc(N2CCOCC2=O)c(F)c1. The van der Waals surface area contributed by atoms with Gasteiger partial charge in [0, 0.05) is 24.8 Å². The highest BCUT2D eigenvalue weighted by atomic mass is 35.5. The van der Waals surface area contributed by atoms with Gasteiger partial charge in [-0.2, -0.15) is 0 Å². The summed E-state index contributed by atoms with van der Waals surface area (Å²) in [5, 5.41) is 10.5. The Morgan fingerprint density at radius 2 is 2.03 bits per heavy atom. The molecule has 0 radical (unpaired) electrons. The van der Waals surface area contributed by atoms with Crippen LogP contribution in [0, 0.1) is 5.82 Å². The van der Waals surface area contributed by atoms with Gasteiger partial charge in [-0.15, -0.1) is 11.3 Å². The van der Waals surface area contributed by atoms with Gasteiger partial charge in [-0.1, -0.05) is 11.6 Å². The Morgan fingerprint density at radius 3 is 2.67 bits per heavy atom. The zero-order chi connectivity index (χ0) is 25.7. The Bertz CT molecular complexity index is 1160. The van der Waals surface area contributed by atoms with Gasteiger partial charge in [0.05, 0.1) is 21.5 Å². The molecule has 192 valence electrons. The average molecular weight is 538 g/mol. The maximum Gasteiger partial charge on any atom is 0.315 e. The second-order valence-corrected chi connectivity index (χ2v) is 10.1. The van der Waals surface area contributed by atoms with Crippen LogP contribution in [0.4, 0.5) is 20.6 Å². The first-order valence-electron chi connectivity index (χ1n) is 11.4. The highest BCUT2D eigenvalue weighted by Gasteiger charge is 2.27. The van der Waals surface area contributed by atoms with Gasteiger partial charge in [0.15, 0.2) is 0 Å². The number of thiophene rings is 1. The predicted molar refractivity (Wildman–Crippen MR) is 133 cm³/mol. The normalized spacial score (nSPS) is 16.6. The van der Waals surface area contributed by atoms with Gasteiger partial charge < -0.3 is 30.9 Å². The Kier molecular flexibility index (Phi) is 8.39. The molecule has 13 heteroatoms. The molecule has 1 saturated carbocycles. The van der Waals surface area contributed by atoms with Gasteiger partial charge in [-0.3, -0.25) is 14.4 Å². The third kappa shape index (κ3) is 6.50. The molecular weight excluding hydrogens is 513 g/mol. The fourth-order valence-corrected chi connectivity index (χ4v) is 4.63. The summed E-state index contributed by atoms with van der Waals surface area (Å²) >= 11 is 6.96. The molecule has 2 aromatic rings. The van der Waals surface area contributed by atoms with Crippen molar-refractivity contribution in [2.24, 2.45) is 0 Å². The van der Waals surface area contributed by atoms with E-state index < -0.39 is 29.7 Å². The molecule has 1 aromatic heterocycles. The minimum atomic E-state index is -1.15. The summed E-state index contributed by atoms with van der Waals surface area (Å²) in [7, 11) is 0. The van der Waals surface area contributed by atoms with Crippen LogP contribution in [-0.4, -0.2) is 62.1 Å². The number of carbonyl (C=O) groups is 4. The molecule has 0 spiro atoms. The van der Waals surface area contributed by atoms with E-state index in [1.807, 2.05) is 0 Å². The summed E-state index contributed by atoms with van der Waals surface area (Å²) in [6.45, 7) is 0.181. The molecule has 2 heterocycles. The van der Waals surface area contributed by atoms with Crippen molar-refractivity contribution in [2.45, 2.75) is 31.3 Å². The summed E-state index contributed by atoms with van der Waals surface area (Å²) in [6, 6.07) is 5.43. The van der Waals surface area contributed by atoms with Crippen molar-refractivity contribution in [3.63, 3.8) is 0 Å². The van der Waals surface area contributed by atoms with Crippen LogP contribution in [-0.2, 0) is 14.3 Å². The molecule has 4 rings (SSSR count). The lowest BCUT2D eigenvalue weighted by atomic mass is 9.93. The monoisotopic (exact) mass is 537 g/mol. The number of halogens is 2. The largest absolute Gasteiger partial charge is 0.370 e. The van der Waals surface area contributed by atoms with Gasteiger partial charge in [-0.25, -0.2) is 9.18 Å². The van der Waals surface area contributed by atoms with Crippen LogP contribution in [0.1, 0.15) is 28.9 Å². The molecule has 0 unspecified atom stereocenters. The molecule has 1 saturated heterocycles. The van der Waals surface area contributed by atoms with Crippen LogP contribution in [0.3, 0.4) is 0 Å². The summed E-state index contributed by atoms with van der Waals surface area (Å²) < 4.78 is 20.3. The number of hydrogen-bond acceptors (Lipinski definition) is 6. The minimum Gasteiger partial charge on any atom is -0.370 e. The fraction of sp³-hybridized carbons (Fsp3) is 0.391. The maximum absolute atomic E-state index is 14.8. The molecule has 0 bridgehead atoms. The van der Waals surface area contributed by atoms with Gasteiger partial charge in [-0.05, 0) is 49.6 Å². The second kappa shape index (κ2) is 11.7. The van der Waals surface area contributed by atoms with E-state index in [0.29, 0.717) is 15.8 Å². The van der Waals surface area contributed by atoms with Crippen LogP contribution >= 0.6 is 22.9 Å². The Hall–Kier alpha value is -3.22. The molecule has 36 heavy (non-hydrogen) atoms. The zero-order valence-electron chi connectivity index (χ0n) is 19.1. The molecule has 2 fully saturated rings. The van der Waals surface area contributed by atoms with E-state index >= 15 is 0 Å². The highest BCUT2D eigenvalue weighted by Crippen LogP contribution is 2.25. The van der Waals surface area contributed by atoms with Crippen LogP contribution in [0.15, 0.2) is 30.3 Å². The Labute approximate surface area is 215 Å².